The van der Waals surface area contributed by atoms with Gasteiger partial charge in [0, 0.05) is 35.5 Å². The van der Waals surface area contributed by atoms with E-state index in [1.807, 2.05) is 48.5 Å². The first-order valence-corrected chi connectivity index (χ1v) is 13.2. The van der Waals surface area contributed by atoms with E-state index in [0.29, 0.717) is 6.42 Å². The van der Waals surface area contributed by atoms with Crippen LogP contribution in [0.4, 0.5) is 10.5 Å². The minimum atomic E-state index is -0.623. The lowest BCUT2D eigenvalue weighted by atomic mass is 9.98. The zero-order valence-electron chi connectivity index (χ0n) is 20.4. The number of ether oxygens (including phenoxy) is 2. The summed E-state index contributed by atoms with van der Waals surface area (Å²) < 4.78 is 10.9. The average Bonchev–Trinajstić information content (AvgIpc) is 2.60. The molecule has 0 saturated heterocycles. The lowest BCUT2D eigenvalue weighted by Crippen LogP contribution is -2.42. The first-order chi connectivity index (χ1) is 14.7. The van der Waals surface area contributed by atoms with E-state index in [9.17, 15) is 9.59 Å². The smallest absolute Gasteiger partial charge is 0.407 e. The van der Waals surface area contributed by atoms with E-state index in [2.05, 4.69) is 60.3 Å². The van der Waals surface area contributed by atoms with Crippen LogP contribution in [0.1, 0.15) is 59.1 Å². The van der Waals surface area contributed by atoms with Gasteiger partial charge in [-0.3, -0.25) is 4.79 Å². The highest BCUT2D eigenvalue weighted by Gasteiger charge is 2.25. The molecule has 6 nitrogen and oxygen atoms in total. The minimum Gasteiger partial charge on any atom is -0.460 e. The summed E-state index contributed by atoms with van der Waals surface area (Å²) in [5.74, 6) is -0.354. The van der Waals surface area contributed by atoms with Crippen molar-refractivity contribution in [1.82, 2.24) is 5.32 Å². The summed E-state index contributed by atoms with van der Waals surface area (Å²) >= 11 is 7.05. The van der Waals surface area contributed by atoms with Gasteiger partial charge in [-0.25, -0.2) is 4.79 Å². The summed E-state index contributed by atoms with van der Waals surface area (Å²) in [5.41, 5.74) is 2.07. The number of nitrogens with one attached hydrogen (secondary N) is 1. The summed E-state index contributed by atoms with van der Waals surface area (Å²) in [6.07, 6.45) is 0.0153. The number of nitrogens with zero attached hydrogens (tertiary/aromatic N) is 1. The second-order valence-corrected chi connectivity index (χ2v) is 11.4. The molecule has 0 aliphatic carbocycles. The van der Waals surface area contributed by atoms with Crippen molar-refractivity contribution in [2.24, 2.45) is 0 Å². The zero-order chi connectivity index (χ0) is 24.5. The van der Waals surface area contributed by atoms with Gasteiger partial charge in [0.1, 0.15) is 11.2 Å². The van der Waals surface area contributed by atoms with Gasteiger partial charge < -0.3 is 19.7 Å². The molecule has 1 N–H and O–H groups in total. The highest BCUT2D eigenvalue weighted by Crippen LogP contribution is 2.22. The molecule has 1 amide bonds. The van der Waals surface area contributed by atoms with Crippen molar-refractivity contribution < 1.29 is 19.1 Å². The summed E-state index contributed by atoms with van der Waals surface area (Å²) in [4.78, 5) is 27.3. The number of anilines is 1. The molecule has 0 aliphatic heterocycles. The highest BCUT2D eigenvalue weighted by atomic mass is 79.9. The van der Waals surface area contributed by atoms with Crippen LogP contribution in [-0.2, 0) is 20.7 Å². The van der Waals surface area contributed by atoms with Gasteiger partial charge in [-0.05, 0) is 78.1 Å². The maximum atomic E-state index is 12.5. The van der Waals surface area contributed by atoms with Crippen molar-refractivity contribution in [3.63, 3.8) is 0 Å². The predicted octanol–water partition coefficient (Wildman–Crippen LogP) is 5.76. The van der Waals surface area contributed by atoms with Crippen LogP contribution in [0, 0.1) is 6.92 Å². The molecule has 0 spiro atoms. The maximum Gasteiger partial charge on any atom is 0.407 e. The van der Waals surface area contributed by atoms with Gasteiger partial charge in [0.2, 0.25) is 0 Å². The third kappa shape index (κ3) is 11.5. The fraction of sp³-hybridized carbons (Fsp3) is 0.667. The molecular formula is C24H38Br2N2O4. The molecule has 1 aromatic carbocycles. The minimum absolute atomic E-state index is 0.0622. The molecule has 0 bridgehead atoms. The number of aryl methyl sites for hydroxylation is 1. The quantitative estimate of drug-likeness (QED) is 0.283. The Bertz CT molecular complexity index is 721. The number of alkyl carbamates (subject to hydrolysis) is 1. The summed E-state index contributed by atoms with van der Waals surface area (Å²) in [7, 11) is 0. The largest absolute Gasteiger partial charge is 0.460 e. The van der Waals surface area contributed by atoms with Gasteiger partial charge in [-0.2, -0.15) is 0 Å². The summed E-state index contributed by atoms with van der Waals surface area (Å²) in [5, 5.41) is 4.61. The van der Waals surface area contributed by atoms with Crippen LogP contribution >= 0.6 is 31.9 Å². The van der Waals surface area contributed by atoms with Gasteiger partial charge in [0.25, 0.3) is 0 Å². The molecule has 1 aromatic rings. The second kappa shape index (κ2) is 12.8. The van der Waals surface area contributed by atoms with E-state index in [0.717, 1.165) is 40.6 Å². The van der Waals surface area contributed by atoms with Crippen LogP contribution in [0.2, 0.25) is 0 Å². The lowest BCUT2D eigenvalue weighted by Gasteiger charge is -2.27. The number of hydrogen-bond donors (Lipinski definition) is 1. The van der Waals surface area contributed by atoms with Gasteiger partial charge >= 0.3 is 12.1 Å². The number of esters is 1. The third-order valence-electron chi connectivity index (χ3n) is 4.43. The van der Waals surface area contributed by atoms with E-state index >= 15 is 0 Å². The first-order valence-electron chi connectivity index (χ1n) is 10.9. The number of hydrogen-bond acceptors (Lipinski definition) is 5. The van der Waals surface area contributed by atoms with Crippen LogP contribution in [-0.4, -0.2) is 53.1 Å². The van der Waals surface area contributed by atoms with Crippen molar-refractivity contribution in [3.8, 4) is 0 Å². The number of benzene rings is 1. The SMILES string of the molecule is Cc1ccc(N(CCBr)CCBr)cc1C[C@H](CC(=O)OC(C)(C)C)NC(=O)OC(C)(C)C. The van der Waals surface area contributed by atoms with Crippen LogP contribution in [0.15, 0.2) is 18.2 Å². The molecule has 1 rings (SSSR count). The second-order valence-electron chi connectivity index (χ2n) is 9.81. The molecule has 8 heteroatoms. The Balaban J connectivity index is 3.12. The Morgan fingerprint density at radius 1 is 1.00 bits per heavy atom. The number of carbonyl (C=O) groups is 2. The zero-order valence-corrected chi connectivity index (χ0v) is 23.6. The van der Waals surface area contributed by atoms with E-state index in [1.165, 1.54) is 0 Å². The van der Waals surface area contributed by atoms with Gasteiger partial charge in [0.15, 0.2) is 0 Å². The molecular weight excluding hydrogens is 540 g/mol. The van der Waals surface area contributed by atoms with Crippen molar-refractivity contribution in [2.45, 2.75) is 78.6 Å². The van der Waals surface area contributed by atoms with Crippen molar-refractivity contribution >= 4 is 49.6 Å². The number of carbonyl (C=O) groups excluding carboxylic acids is 2. The standard InChI is InChI=1S/C24H38Br2N2O4/c1-17-8-9-20(28(12-10-25)13-11-26)15-18(17)14-19(16-21(29)31-23(2,3)4)27-22(30)32-24(5,6)7/h8-9,15,19H,10-14,16H2,1-7H3,(H,27,30)/t19-/m1/s1. The number of amides is 1. The van der Waals surface area contributed by atoms with Gasteiger partial charge in [-0.15, -0.1) is 0 Å². The maximum absolute atomic E-state index is 12.5. The average molecular weight is 578 g/mol. The van der Waals surface area contributed by atoms with Gasteiger partial charge in [-0.1, -0.05) is 37.9 Å². The molecule has 1 atom stereocenters. The summed E-state index contributed by atoms with van der Waals surface area (Å²) in [6, 6.07) is 5.88. The number of rotatable bonds is 10. The molecule has 0 radical (unpaired) electrons. The molecule has 0 saturated carbocycles. The predicted molar refractivity (Wildman–Crippen MR) is 138 cm³/mol. The van der Waals surface area contributed by atoms with Crippen LogP contribution < -0.4 is 10.2 Å². The topological polar surface area (TPSA) is 67.9 Å². The fourth-order valence-electron chi connectivity index (χ4n) is 3.15. The molecule has 0 unspecified atom stereocenters. The molecule has 0 aliphatic rings. The molecule has 0 fully saturated rings. The van der Waals surface area contributed by atoms with Crippen LogP contribution in [0.25, 0.3) is 0 Å². The number of alkyl halides is 2. The molecule has 32 heavy (non-hydrogen) atoms. The Morgan fingerprint density at radius 2 is 1.56 bits per heavy atom. The molecule has 182 valence electrons. The Kier molecular flexibility index (Phi) is 11.5. The van der Waals surface area contributed by atoms with E-state index in [-0.39, 0.29) is 12.4 Å². The van der Waals surface area contributed by atoms with Gasteiger partial charge in [0.05, 0.1) is 6.42 Å². The normalized spacial score (nSPS) is 12.8. The first kappa shape index (κ1) is 28.8. The molecule has 0 aromatic heterocycles. The Labute approximate surface area is 210 Å². The molecule has 0 heterocycles. The Hall–Kier alpha value is -1.28. The lowest BCUT2D eigenvalue weighted by molar-refractivity contribution is -0.155. The summed E-state index contributed by atoms with van der Waals surface area (Å²) in [6.45, 7) is 14.7. The van der Waals surface area contributed by atoms with Crippen molar-refractivity contribution in [3.05, 3.63) is 29.3 Å². The van der Waals surface area contributed by atoms with Crippen molar-refractivity contribution in [1.29, 1.82) is 0 Å². The van der Waals surface area contributed by atoms with E-state index in [4.69, 9.17) is 9.47 Å². The van der Waals surface area contributed by atoms with E-state index < -0.39 is 23.3 Å². The Morgan fingerprint density at radius 3 is 2.06 bits per heavy atom. The fourth-order valence-corrected chi connectivity index (χ4v) is 4.00. The van der Waals surface area contributed by atoms with Crippen LogP contribution in [0.3, 0.4) is 0 Å². The van der Waals surface area contributed by atoms with Crippen molar-refractivity contribution in [2.75, 3.05) is 28.6 Å². The highest BCUT2D eigenvalue weighted by molar-refractivity contribution is 9.09. The monoisotopic (exact) mass is 576 g/mol. The third-order valence-corrected chi connectivity index (χ3v) is 5.14. The van der Waals surface area contributed by atoms with E-state index in [1.54, 1.807) is 0 Å². The number of halogens is 2. The van der Waals surface area contributed by atoms with Crippen LogP contribution in [0.5, 0.6) is 0 Å².